The molecule has 1 aromatic rings. The molecule has 0 amide bonds. The van der Waals surface area contributed by atoms with Gasteiger partial charge in [0.05, 0.1) is 12.5 Å². The van der Waals surface area contributed by atoms with Crippen LogP contribution in [0, 0.1) is 18.3 Å². The van der Waals surface area contributed by atoms with Crippen molar-refractivity contribution >= 4 is 17.7 Å². The number of carbonyl (C=O) groups excluding carboxylic acids is 1. The summed E-state index contributed by atoms with van der Waals surface area (Å²) < 4.78 is 5.02. The Balaban J connectivity index is 2.73. The van der Waals surface area contributed by atoms with E-state index in [4.69, 9.17) is 11.2 Å². The van der Waals surface area contributed by atoms with Crippen molar-refractivity contribution in [2.24, 2.45) is 5.92 Å². The third-order valence-electron chi connectivity index (χ3n) is 2.39. The zero-order valence-electron chi connectivity index (χ0n) is 11.3. The third kappa shape index (κ3) is 5.67. The fraction of sp³-hybridized carbons (Fsp3) is 0.312. The molecule has 1 unspecified atom stereocenters. The predicted octanol–water partition coefficient (Wildman–Crippen LogP) is 3.89. The molecule has 0 aromatic heterocycles. The third-order valence-corrected chi connectivity index (χ3v) is 3.35. The van der Waals surface area contributed by atoms with Crippen molar-refractivity contribution in [2.45, 2.75) is 25.2 Å². The van der Waals surface area contributed by atoms with Crippen molar-refractivity contribution in [3.8, 4) is 12.3 Å². The molecule has 1 aromatic carbocycles. The monoisotopic (exact) mass is 274 g/mol. The van der Waals surface area contributed by atoms with E-state index in [1.807, 2.05) is 43.3 Å². The van der Waals surface area contributed by atoms with E-state index in [0.717, 1.165) is 9.80 Å². The number of hydrogen-bond acceptors (Lipinski definition) is 3. The summed E-state index contributed by atoms with van der Waals surface area (Å²) in [7, 11) is 0. The summed E-state index contributed by atoms with van der Waals surface area (Å²) in [4.78, 5) is 13.9. The van der Waals surface area contributed by atoms with Gasteiger partial charge in [-0.25, -0.2) is 0 Å². The summed E-state index contributed by atoms with van der Waals surface area (Å²) in [5.41, 5.74) is 0. The molecule has 0 N–H and O–H groups in total. The molecular formula is C16H18O2S. The Morgan fingerprint density at radius 1 is 1.47 bits per heavy atom. The molecule has 0 fully saturated rings. The van der Waals surface area contributed by atoms with E-state index in [9.17, 15) is 4.79 Å². The van der Waals surface area contributed by atoms with E-state index >= 15 is 0 Å². The zero-order valence-corrected chi connectivity index (χ0v) is 12.1. The van der Waals surface area contributed by atoms with Crippen LogP contribution in [0.15, 0.2) is 46.2 Å². The van der Waals surface area contributed by atoms with Gasteiger partial charge in [-0.15, -0.1) is 12.3 Å². The van der Waals surface area contributed by atoms with Crippen molar-refractivity contribution in [3.05, 3.63) is 41.3 Å². The van der Waals surface area contributed by atoms with E-state index in [1.54, 1.807) is 18.7 Å². The van der Waals surface area contributed by atoms with E-state index in [0.29, 0.717) is 13.0 Å². The number of carbonyl (C=O) groups is 1. The fourth-order valence-corrected chi connectivity index (χ4v) is 2.48. The second kappa shape index (κ2) is 8.44. The first-order chi connectivity index (χ1) is 9.17. The largest absolute Gasteiger partial charge is 0.466 e. The normalized spacial score (nSPS) is 12.6. The van der Waals surface area contributed by atoms with E-state index in [2.05, 4.69) is 5.92 Å². The Labute approximate surface area is 119 Å². The van der Waals surface area contributed by atoms with Gasteiger partial charge in [0.25, 0.3) is 0 Å². The lowest BCUT2D eigenvalue weighted by Crippen LogP contribution is -2.15. The Kier molecular flexibility index (Phi) is 6.84. The highest BCUT2D eigenvalue weighted by Crippen LogP contribution is 2.27. The summed E-state index contributed by atoms with van der Waals surface area (Å²) in [6.45, 7) is 4.14. The maximum absolute atomic E-state index is 11.7. The number of allylic oxidation sites excluding steroid dienone is 1. The van der Waals surface area contributed by atoms with Gasteiger partial charge in [0.15, 0.2) is 0 Å². The average molecular weight is 274 g/mol. The second-order valence-corrected chi connectivity index (χ2v) is 5.28. The van der Waals surface area contributed by atoms with E-state index < -0.39 is 0 Å². The number of thioether (sulfide) groups is 1. The molecule has 19 heavy (non-hydrogen) atoms. The molecule has 0 spiro atoms. The minimum atomic E-state index is -0.360. The number of rotatable bonds is 6. The van der Waals surface area contributed by atoms with Crippen LogP contribution in [0.25, 0.3) is 0 Å². The molecule has 0 aliphatic carbocycles. The first-order valence-electron chi connectivity index (χ1n) is 6.18. The SMILES string of the molecule is C#CCC(/C=C(\C)Sc1ccccc1)C(=O)OCC. The minimum Gasteiger partial charge on any atom is -0.466 e. The van der Waals surface area contributed by atoms with Gasteiger partial charge >= 0.3 is 5.97 Å². The summed E-state index contributed by atoms with van der Waals surface area (Å²) in [5, 5.41) is 0. The van der Waals surface area contributed by atoms with Crippen molar-refractivity contribution in [3.63, 3.8) is 0 Å². The molecule has 1 rings (SSSR count). The predicted molar refractivity (Wildman–Crippen MR) is 79.6 cm³/mol. The zero-order chi connectivity index (χ0) is 14.1. The number of benzene rings is 1. The summed E-state index contributed by atoms with van der Waals surface area (Å²) >= 11 is 1.62. The maximum Gasteiger partial charge on any atom is 0.313 e. The van der Waals surface area contributed by atoms with Crippen LogP contribution in [-0.2, 0) is 9.53 Å². The van der Waals surface area contributed by atoms with Crippen molar-refractivity contribution in [1.82, 2.24) is 0 Å². The molecule has 1 atom stereocenters. The smallest absolute Gasteiger partial charge is 0.313 e. The van der Waals surface area contributed by atoms with Crippen molar-refractivity contribution < 1.29 is 9.53 Å². The van der Waals surface area contributed by atoms with Gasteiger partial charge in [-0.1, -0.05) is 36.0 Å². The number of ether oxygens (including phenoxy) is 1. The molecule has 0 heterocycles. The highest BCUT2D eigenvalue weighted by Gasteiger charge is 2.16. The lowest BCUT2D eigenvalue weighted by molar-refractivity contribution is -0.146. The van der Waals surface area contributed by atoms with Crippen LogP contribution < -0.4 is 0 Å². The van der Waals surface area contributed by atoms with Crippen LogP contribution in [0.3, 0.4) is 0 Å². The van der Waals surface area contributed by atoms with E-state index in [-0.39, 0.29) is 11.9 Å². The highest BCUT2D eigenvalue weighted by atomic mass is 32.2. The summed E-state index contributed by atoms with van der Waals surface area (Å²) in [6.07, 6.45) is 7.55. The van der Waals surface area contributed by atoms with Crippen LogP contribution in [0.5, 0.6) is 0 Å². The Morgan fingerprint density at radius 3 is 2.74 bits per heavy atom. The molecule has 0 aliphatic rings. The molecule has 0 bridgehead atoms. The summed E-state index contributed by atoms with van der Waals surface area (Å²) in [6, 6.07) is 10.0. The topological polar surface area (TPSA) is 26.3 Å². The molecular weight excluding hydrogens is 256 g/mol. The molecule has 0 saturated heterocycles. The Morgan fingerprint density at radius 2 is 2.16 bits per heavy atom. The van der Waals surface area contributed by atoms with Crippen LogP contribution in [0.4, 0.5) is 0 Å². The standard InChI is InChI=1S/C16H18O2S/c1-4-9-14(16(17)18-5-2)12-13(3)19-15-10-7-6-8-11-15/h1,6-8,10-12,14H,5,9H2,2-3H3/b13-12+. The first-order valence-corrected chi connectivity index (χ1v) is 7.00. The Hall–Kier alpha value is -1.66. The molecule has 3 heteroatoms. The highest BCUT2D eigenvalue weighted by molar-refractivity contribution is 8.03. The summed E-state index contributed by atoms with van der Waals surface area (Å²) in [5.74, 6) is 1.91. The van der Waals surface area contributed by atoms with Crippen molar-refractivity contribution in [1.29, 1.82) is 0 Å². The lowest BCUT2D eigenvalue weighted by Gasteiger charge is -2.10. The number of terminal acetylenes is 1. The van der Waals surface area contributed by atoms with Gasteiger partial charge < -0.3 is 4.74 Å². The van der Waals surface area contributed by atoms with Crippen molar-refractivity contribution in [2.75, 3.05) is 6.61 Å². The Bertz CT molecular complexity index is 471. The minimum absolute atomic E-state index is 0.256. The second-order valence-electron chi connectivity index (χ2n) is 3.96. The van der Waals surface area contributed by atoms with Gasteiger partial charge in [0, 0.05) is 11.3 Å². The molecule has 0 saturated carbocycles. The van der Waals surface area contributed by atoms with Gasteiger partial charge in [0.1, 0.15) is 0 Å². The fourth-order valence-electron chi connectivity index (χ4n) is 1.58. The van der Waals surface area contributed by atoms with Crippen LogP contribution >= 0.6 is 11.8 Å². The number of hydrogen-bond donors (Lipinski definition) is 0. The van der Waals surface area contributed by atoms with E-state index in [1.165, 1.54) is 0 Å². The molecule has 100 valence electrons. The van der Waals surface area contributed by atoms with Gasteiger partial charge in [0.2, 0.25) is 0 Å². The average Bonchev–Trinajstić information content (AvgIpc) is 2.39. The lowest BCUT2D eigenvalue weighted by atomic mass is 10.1. The first kappa shape index (κ1) is 15.4. The maximum atomic E-state index is 11.7. The van der Waals surface area contributed by atoms with Gasteiger partial charge in [-0.05, 0) is 30.9 Å². The molecule has 0 radical (unpaired) electrons. The molecule has 0 aliphatic heterocycles. The van der Waals surface area contributed by atoms with Crippen LogP contribution in [0.2, 0.25) is 0 Å². The molecule has 2 nitrogen and oxygen atoms in total. The quantitative estimate of drug-likeness (QED) is 0.447. The van der Waals surface area contributed by atoms with Gasteiger partial charge in [-0.3, -0.25) is 4.79 Å². The number of esters is 1. The van der Waals surface area contributed by atoms with Crippen LogP contribution in [0.1, 0.15) is 20.3 Å². The van der Waals surface area contributed by atoms with Crippen LogP contribution in [-0.4, -0.2) is 12.6 Å². The van der Waals surface area contributed by atoms with Gasteiger partial charge in [-0.2, -0.15) is 0 Å².